The summed E-state index contributed by atoms with van der Waals surface area (Å²) in [5.74, 6) is 0.705. The van der Waals surface area contributed by atoms with E-state index in [1.165, 1.54) is 0 Å². The first kappa shape index (κ1) is 31.4. The molecule has 4 fully saturated rings. The van der Waals surface area contributed by atoms with E-state index in [0.717, 1.165) is 38.5 Å². The van der Waals surface area contributed by atoms with E-state index in [9.17, 15) is 28.5 Å². The molecule has 4 aliphatic carbocycles. The monoisotopic (exact) mass is 555 g/mol. The van der Waals surface area contributed by atoms with E-state index in [0.29, 0.717) is 18.8 Å². The van der Waals surface area contributed by atoms with Gasteiger partial charge < -0.3 is 20.6 Å². The molecule has 0 unspecified atom stereocenters. The summed E-state index contributed by atoms with van der Waals surface area (Å²) in [7, 11) is -4.10. The Morgan fingerprint density at radius 2 is 1.75 bits per heavy atom. The number of hydrogen-bond donors (Lipinski definition) is 5. The normalized spacial score (nSPS) is 45.0. The van der Waals surface area contributed by atoms with Crippen LogP contribution in [0.25, 0.3) is 0 Å². The summed E-state index contributed by atoms with van der Waals surface area (Å²) in [6.07, 6.45) is 5.67. The molecule has 8 nitrogen and oxygen atoms in total. The number of carbonyl (C=O) groups is 1. The minimum absolute atomic E-state index is 0. The molecule has 0 bridgehead atoms. The SMILES string of the molecule is C[C@H](CCC(=O)NCCS(=O)(=O)O)[C@H]1CC[C@H]2[C@@H]3[C@H](O)C[C@@H]4C[C@H](O)CC[C@]4(C)[C@H]3C[C@H](O)[C@]12C.[KH]. The van der Waals surface area contributed by atoms with E-state index in [-0.39, 0.29) is 117 Å². The molecule has 4 rings (SSSR count). The average molecular weight is 556 g/mol. The van der Waals surface area contributed by atoms with Gasteiger partial charge in [0.2, 0.25) is 5.91 Å². The molecule has 4 aliphatic rings. The van der Waals surface area contributed by atoms with Crippen LogP contribution >= 0.6 is 0 Å². The van der Waals surface area contributed by atoms with Gasteiger partial charge in [-0.1, -0.05) is 20.8 Å². The van der Waals surface area contributed by atoms with Crippen molar-refractivity contribution in [1.82, 2.24) is 5.32 Å². The Morgan fingerprint density at radius 1 is 1.06 bits per heavy atom. The molecule has 0 spiro atoms. The van der Waals surface area contributed by atoms with E-state index in [1.807, 2.05) is 0 Å². The second-order valence-electron chi connectivity index (χ2n) is 12.7. The number of aliphatic hydroxyl groups is 3. The summed E-state index contributed by atoms with van der Waals surface area (Å²) in [5.41, 5.74) is -0.254. The fraction of sp³-hybridized carbons (Fsp3) is 0.962. The van der Waals surface area contributed by atoms with Crippen LogP contribution in [0.3, 0.4) is 0 Å². The third-order valence-corrected chi connectivity index (χ3v) is 11.7. The quantitative estimate of drug-likeness (QED) is 0.238. The molecule has 0 aliphatic heterocycles. The maximum atomic E-state index is 12.2. The van der Waals surface area contributed by atoms with Gasteiger partial charge >= 0.3 is 51.4 Å². The topological polar surface area (TPSA) is 144 Å². The van der Waals surface area contributed by atoms with Gasteiger partial charge in [0.15, 0.2) is 0 Å². The molecule has 204 valence electrons. The number of amides is 1. The molecule has 0 aromatic heterocycles. The van der Waals surface area contributed by atoms with Crippen LogP contribution in [0.1, 0.15) is 78.6 Å². The zero-order valence-electron chi connectivity index (χ0n) is 21.4. The van der Waals surface area contributed by atoms with Gasteiger partial charge in [-0.3, -0.25) is 9.35 Å². The van der Waals surface area contributed by atoms with Crippen LogP contribution in [0, 0.1) is 46.3 Å². The van der Waals surface area contributed by atoms with Gasteiger partial charge in [0.1, 0.15) is 0 Å². The van der Waals surface area contributed by atoms with Crippen molar-refractivity contribution >= 4 is 67.4 Å². The van der Waals surface area contributed by atoms with E-state index in [1.54, 1.807) is 0 Å². The van der Waals surface area contributed by atoms with Crippen molar-refractivity contribution < 1.29 is 33.1 Å². The van der Waals surface area contributed by atoms with Crippen molar-refractivity contribution in [2.75, 3.05) is 12.3 Å². The molecule has 10 heteroatoms. The molecule has 0 aromatic rings. The second kappa shape index (κ2) is 11.8. The second-order valence-corrected chi connectivity index (χ2v) is 14.2. The summed E-state index contributed by atoms with van der Waals surface area (Å²) in [4.78, 5) is 12.2. The Labute approximate surface area is 258 Å². The van der Waals surface area contributed by atoms with E-state index in [2.05, 4.69) is 26.1 Å². The Balaban J connectivity index is 0.00000361. The molecule has 5 N–H and O–H groups in total. The fourth-order valence-corrected chi connectivity index (χ4v) is 9.46. The van der Waals surface area contributed by atoms with Crippen molar-refractivity contribution in [3.63, 3.8) is 0 Å². The van der Waals surface area contributed by atoms with E-state index < -0.39 is 28.1 Å². The molecule has 0 aromatic carbocycles. The molecule has 0 saturated heterocycles. The van der Waals surface area contributed by atoms with Crippen molar-refractivity contribution in [3.05, 3.63) is 0 Å². The molecule has 11 atom stereocenters. The van der Waals surface area contributed by atoms with E-state index >= 15 is 0 Å². The number of rotatable bonds is 7. The molecule has 1 amide bonds. The van der Waals surface area contributed by atoms with Crippen LogP contribution in [-0.4, -0.2) is 116 Å². The zero-order chi connectivity index (χ0) is 25.8. The van der Waals surface area contributed by atoms with Crippen molar-refractivity contribution in [3.8, 4) is 0 Å². The van der Waals surface area contributed by atoms with Crippen LogP contribution in [0.5, 0.6) is 0 Å². The number of fused-ring (bicyclic) bond motifs is 5. The summed E-state index contributed by atoms with van der Waals surface area (Å²) < 4.78 is 30.5. The molecule has 0 heterocycles. The fourth-order valence-electron chi connectivity index (χ4n) is 9.10. The average Bonchev–Trinajstić information content (AvgIpc) is 3.12. The number of hydrogen-bond acceptors (Lipinski definition) is 6. The Bertz CT molecular complexity index is 903. The van der Waals surface area contributed by atoms with E-state index in [4.69, 9.17) is 4.55 Å². The molecular formula is C26H46KNO7S. The zero-order valence-corrected chi connectivity index (χ0v) is 22.2. The van der Waals surface area contributed by atoms with Gasteiger partial charge in [0.25, 0.3) is 10.1 Å². The van der Waals surface area contributed by atoms with Crippen molar-refractivity contribution in [1.29, 1.82) is 0 Å². The number of carbonyl (C=O) groups excluding carboxylic acids is 1. The summed E-state index contributed by atoms with van der Waals surface area (Å²) in [6.45, 7) is 6.56. The van der Waals surface area contributed by atoms with Crippen LogP contribution in [-0.2, 0) is 14.9 Å². The third-order valence-electron chi connectivity index (χ3n) is 11.0. The summed E-state index contributed by atoms with van der Waals surface area (Å²) in [6, 6.07) is 0. The molecule has 4 saturated carbocycles. The first-order valence-corrected chi connectivity index (χ1v) is 15.1. The number of aliphatic hydroxyl groups excluding tert-OH is 3. The maximum absolute atomic E-state index is 12.2. The van der Waals surface area contributed by atoms with Gasteiger partial charge in [-0.25, -0.2) is 0 Å². The summed E-state index contributed by atoms with van der Waals surface area (Å²) in [5, 5.41) is 35.8. The van der Waals surface area contributed by atoms with Crippen LogP contribution in [0.2, 0.25) is 0 Å². The Hall–Kier alpha value is 0.896. The Kier molecular flexibility index (Phi) is 10.3. The first-order chi connectivity index (χ1) is 16.3. The predicted molar refractivity (Wildman–Crippen MR) is 139 cm³/mol. The first-order valence-electron chi connectivity index (χ1n) is 13.5. The van der Waals surface area contributed by atoms with Crippen molar-refractivity contribution in [2.45, 2.75) is 96.9 Å². The summed E-state index contributed by atoms with van der Waals surface area (Å²) >= 11 is 0. The standard InChI is InChI=1S/C26H45NO7S.K.H/c1-15(4-7-23(31)27-10-11-35(32,33)34)18-5-6-19-24-20(14-22(30)26(18,19)3)25(2)9-8-17(28)12-16(25)13-21(24)29;;/h15-22,24,28-30H,4-14H2,1-3H3,(H,27,31)(H,32,33,34);;/t15-,16+,17-,18-,19+,20+,21-,22+,24+,25+,26-;;/m1../s1. The van der Waals surface area contributed by atoms with Gasteiger partial charge in [0.05, 0.1) is 24.1 Å². The van der Waals surface area contributed by atoms with Crippen LogP contribution in [0.15, 0.2) is 0 Å². The van der Waals surface area contributed by atoms with Gasteiger partial charge in [-0.05, 0) is 97.7 Å². The molecular weight excluding hydrogens is 509 g/mol. The Morgan fingerprint density at radius 3 is 2.42 bits per heavy atom. The molecule has 36 heavy (non-hydrogen) atoms. The third kappa shape index (κ3) is 5.98. The van der Waals surface area contributed by atoms with Crippen LogP contribution in [0.4, 0.5) is 0 Å². The molecule has 0 radical (unpaired) electrons. The van der Waals surface area contributed by atoms with Gasteiger partial charge in [-0.2, -0.15) is 8.42 Å². The van der Waals surface area contributed by atoms with Crippen LogP contribution < -0.4 is 5.32 Å². The number of nitrogens with one attached hydrogen (secondary N) is 1. The minimum atomic E-state index is -4.10. The predicted octanol–water partition coefficient (Wildman–Crippen LogP) is 1.72. The van der Waals surface area contributed by atoms with Crippen molar-refractivity contribution in [2.24, 2.45) is 46.3 Å². The van der Waals surface area contributed by atoms with Gasteiger partial charge in [-0.15, -0.1) is 0 Å². The van der Waals surface area contributed by atoms with Gasteiger partial charge in [0, 0.05) is 13.0 Å².